The lowest BCUT2D eigenvalue weighted by Gasteiger charge is -2.18. The summed E-state index contributed by atoms with van der Waals surface area (Å²) in [5, 5.41) is 8.27. The summed E-state index contributed by atoms with van der Waals surface area (Å²) >= 11 is 0. The zero-order chi connectivity index (χ0) is 12.3. The summed E-state index contributed by atoms with van der Waals surface area (Å²) < 4.78 is 1.69. The fourth-order valence-electron chi connectivity index (χ4n) is 2.32. The van der Waals surface area contributed by atoms with Crippen LogP contribution in [-0.2, 0) is 11.3 Å². The standard InChI is InChI=1S/C13H21N3O/c1-10(2)13(17)9-16-8-12(14-15-16)11-6-4-3-5-7-11/h8,10-11H,3-7,9H2,1-2H3. The molecule has 0 atom stereocenters. The van der Waals surface area contributed by atoms with E-state index in [1.54, 1.807) is 4.68 Å². The summed E-state index contributed by atoms with van der Waals surface area (Å²) in [4.78, 5) is 11.6. The summed E-state index contributed by atoms with van der Waals surface area (Å²) in [6.45, 7) is 4.19. The van der Waals surface area contributed by atoms with E-state index in [0.717, 1.165) is 5.69 Å². The largest absolute Gasteiger partial charge is 0.297 e. The maximum absolute atomic E-state index is 11.6. The normalized spacial score (nSPS) is 17.6. The summed E-state index contributed by atoms with van der Waals surface area (Å²) in [6.07, 6.45) is 8.32. The number of ketones is 1. The maximum atomic E-state index is 11.6. The summed E-state index contributed by atoms with van der Waals surface area (Å²) in [5.41, 5.74) is 1.07. The van der Waals surface area contributed by atoms with Gasteiger partial charge in [-0.2, -0.15) is 0 Å². The van der Waals surface area contributed by atoms with E-state index in [2.05, 4.69) is 10.3 Å². The van der Waals surface area contributed by atoms with E-state index in [-0.39, 0.29) is 11.7 Å². The van der Waals surface area contributed by atoms with Crippen molar-refractivity contribution in [3.8, 4) is 0 Å². The lowest BCUT2D eigenvalue weighted by molar-refractivity contribution is -0.122. The Morgan fingerprint density at radius 3 is 2.76 bits per heavy atom. The van der Waals surface area contributed by atoms with E-state index in [1.807, 2.05) is 20.0 Å². The highest BCUT2D eigenvalue weighted by molar-refractivity contribution is 5.79. The molecule has 1 saturated carbocycles. The lowest BCUT2D eigenvalue weighted by Crippen LogP contribution is -2.15. The second kappa shape index (κ2) is 5.43. The average Bonchev–Trinajstić information content (AvgIpc) is 2.78. The van der Waals surface area contributed by atoms with Gasteiger partial charge >= 0.3 is 0 Å². The maximum Gasteiger partial charge on any atom is 0.156 e. The van der Waals surface area contributed by atoms with Gasteiger partial charge in [-0.05, 0) is 12.8 Å². The van der Waals surface area contributed by atoms with Crippen molar-refractivity contribution < 1.29 is 4.79 Å². The molecule has 1 aromatic rings. The molecule has 2 rings (SSSR count). The van der Waals surface area contributed by atoms with Crippen LogP contribution in [-0.4, -0.2) is 20.8 Å². The first kappa shape index (κ1) is 12.3. The highest BCUT2D eigenvalue weighted by atomic mass is 16.1. The van der Waals surface area contributed by atoms with Crippen molar-refractivity contribution in [2.75, 3.05) is 0 Å². The fraction of sp³-hybridized carbons (Fsp3) is 0.769. The summed E-state index contributed by atoms with van der Waals surface area (Å²) in [7, 11) is 0. The van der Waals surface area contributed by atoms with Gasteiger partial charge in [0.2, 0.25) is 0 Å². The molecule has 94 valence electrons. The predicted molar refractivity (Wildman–Crippen MR) is 65.7 cm³/mol. The highest BCUT2D eigenvalue weighted by Crippen LogP contribution is 2.31. The molecule has 1 heterocycles. The van der Waals surface area contributed by atoms with Crippen LogP contribution in [0.15, 0.2) is 6.20 Å². The molecule has 1 aliphatic rings. The molecular weight excluding hydrogens is 214 g/mol. The molecule has 0 amide bonds. The molecular formula is C13H21N3O. The van der Waals surface area contributed by atoms with Crippen LogP contribution in [0.3, 0.4) is 0 Å². The van der Waals surface area contributed by atoms with Gasteiger partial charge in [-0.25, -0.2) is 4.68 Å². The molecule has 0 saturated heterocycles. The number of carbonyl (C=O) groups is 1. The Morgan fingerprint density at radius 2 is 2.12 bits per heavy atom. The predicted octanol–water partition coefficient (Wildman–Crippen LogP) is 2.55. The van der Waals surface area contributed by atoms with E-state index >= 15 is 0 Å². The van der Waals surface area contributed by atoms with Crippen LogP contribution in [0.1, 0.15) is 57.6 Å². The first-order chi connectivity index (χ1) is 8.16. The third kappa shape index (κ3) is 3.14. The molecule has 0 unspecified atom stereocenters. The van der Waals surface area contributed by atoms with Gasteiger partial charge < -0.3 is 0 Å². The van der Waals surface area contributed by atoms with E-state index in [9.17, 15) is 4.79 Å². The van der Waals surface area contributed by atoms with Crippen molar-refractivity contribution in [1.29, 1.82) is 0 Å². The van der Waals surface area contributed by atoms with Crippen LogP contribution in [0.25, 0.3) is 0 Å². The number of Topliss-reactive ketones (excluding diaryl/α,β-unsaturated/α-hetero) is 1. The molecule has 0 aromatic carbocycles. The van der Waals surface area contributed by atoms with Crippen molar-refractivity contribution in [1.82, 2.24) is 15.0 Å². The Bertz CT molecular complexity index is 378. The molecule has 1 fully saturated rings. The van der Waals surface area contributed by atoms with E-state index in [0.29, 0.717) is 12.5 Å². The van der Waals surface area contributed by atoms with Gasteiger partial charge in [0.15, 0.2) is 5.78 Å². The van der Waals surface area contributed by atoms with E-state index < -0.39 is 0 Å². The first-order valence-electron chi connectivity index (χ1n) is 6.59. The Morgan fingerprint density at radius 1 is 1.41 bits per heavy atom. The summed E-state index contributed by atoms with van der Waals surface area (Å²) in [6, 6.07) is 0. The fourth-order valence-corrected chi connectivity index (χ4v) is 2.32. The number of aromatic nitrogens is 3. The van der Waals surface area contributed by atoms with Crippen molar-refractivity contribution in [2.45, 2.75) is 58.4 Å². The molecule has 17 heavy (non-hydrogen) atoms. The van der Waals surface area contributed by atoms with Gasteiger partial charge in [-0.15, -0.1) is 5.10 Å². The molecule has 0 N–H and O–H groups in total. The molecule has 1 aliphatic carbocycles. The SMILES string of the molecule is CC(C)C(=O)Cn1cc(C2CCCCC2)nn1. The third-order valence-electron chi connectivity index (χ3n) is 3.54. The van der Waals surface area contributed by atoms with Gasteiger partial charge in [-0.1, -0.05) is 38.3 Å². The minimum absolute atomic E-state index is 0.0670. The smallest absolute Gasteiger partial charge is 0.156 e. The number of carbonyl (C=O) groups excluding carboxylic acids is 1. The quantitative estimate of drug-likeness (QED) is 0.805. The van der Waals surface area contributed by atoms with Crippen molar-refractivity contribution in [2.24, 2.45) is 5.92 Å². The number of hydrogen-bond donors (Lipinski definition) is 0. The molecule has 0 bridgehead atoms. The van der Waals surface area contributed by atoms with Crippen molar-refractivity contribution in [3.63, 3.8) is 0 Å². The minimum atomic E-state index is 0.0670. The average molecular weight is 235 g/mol. The second-order valence-electron chi connectivity index (χ2n) is 5.30. The van der Waals surface area contributed by atoms with Crippen LogP contribution in [0.4, 0.5) is 0 Å². The Labute approximate surface area is 102 Å². The van der Waals surface area contributed by atoms with Crippen LogP contribution in [0.5, 0.6) is 0 Å². The van der Waals surface area contributed by atoms with Crippen LogP contribution in [0, 0.1) is 5.92 Å². The molecule has 0 radical (unpaired) electrons. The van der Waals surface area contributed by atoms with Gasteiger partial charge in [-0.3, -0.25) is 4.79 Å². The molecule has 4 heteroatoms. The Balaban J connectivity index is 1.97. The molecule has 0 aliphatic heterocycles. The van der Waals surface area contributed by atoms with E-state index in [1.165, 1.54) is 32.1 Å². The van der Waals surface area contributed by atoms with E-state index in [4.69, 9.17) is 0 Å². The molecule has 1 aromatic heterocycles. The molecule has 4 nitrogen and oxygen atoms in total. The van der Waals surface area contributed by atoms with Crippen LogP contribution in [0.2, 0.25) is 0 Å². The topological polar surface area (TPSA) is 47.8 Å². The van der Waals surface area contributed by atoms with Crippen molar-refractivity contribution in [3.05, 3.63) is 11.9 Å². The first-order valence-corrected chi connectivity index (χ1v) is 6.59. The van der Waals surface area contributed by atoms with Gasteiger partial charge in [0.05, 0.1) is 5.69 Å². The van der Waals surface area contributed by atoms with Crippen LogP contribution >= 0.6 is 0 Å². The van der Waals surface area contributed by atoms with Gasteiger partial charge in [0.25, 0.3) is 0 Å². The zero-order valence-electron chi connectivity index (χ0n) is 10.7. The Kier molecular flexibility index (Phi) is 3.92. The lowest BCUT2D eigenvalue weighted by atomic mass is 9.87. The molecule has 0 spiro atoms. The third-order valence-corrected chi connectivity index (χ3v) is 3.54. The number of hydrogen-bond acceptors (Lipinski definition) is 3. The summed E-state index contributed by atoms with van der Waals surface area (Å²) in [5.74, 6) is 0.842. The van der Waals surface area contributed by atoms with Gasteiger partial charge in [0.1, 0.15) is 6.54 Å². The van der Waals surface area contributed by atoms with Crippen LogP contribution < -0.4 is 0 Å². The minimum Gasteiger partial charge on any atom is -0.297 e. The number of rotatable bonds is 4. The highest BCUT2D eigenvalue weighted by Gasteiger charge is 2.19. The van der Waals surface area contributed by atoms with Crippen molar-refractivity contribution >= 4 is 5.78 Å². The Hall–Kier alpha value is -1.19. The second-order valence-corrected chi connectivity index (χ2v) is 5.30. The number of nitrogens with zero attached hydrogens (tertiary/aromatic N) is 3. The zero-order valence-corrected chi connectivity index (χ0v) is 10.7. The monoisotopic (exact) mass is 235 g/mol. The van der Waals surface area contributed by atoms with Gasteiger partial charge in [0, 0.05) is 18.0 Å².